The van der Waals surface area contributed by atoms with Crippen molar-refractivity contribution in [1.82, 2.24) is 10.2 Å². The maximum atomic E-state index is 13.2. The van der Waals surface area contributed by atoms with Crippen LogP contribution in [0.15, 0.2) is 0 Å². The zero-order valence-corrected chi connectivity index (χ0v) is 14.0. The van der Waals surface area contributed by atoms with Gasteiger partial charge in [-0.15, -0.1) is 0 Å². The molecule has 2 aliphatic heterocycles. The van der Waals surface area contributed by atoms with Crippen LogP contribution < -0.4 is 5.32 Å². The molecule has 22 heavy (non-hydrogen) atoms. The van der Waals surface area contributed by atoms with Gasteiger partial charge in [0.1, 0.15) is 0 Å². The van der Waals surface area contributed by atoms with Crippen molar-refractivity contribution in [2.75, 3.05) is 32.5 Å². The molecule has 0 aromatic rings. The maximum Gasteiger partial charge on any atom is 0.244 e. The third kappa shape index (κ3) is 2.67. The molecule has 3 fully saturated rings. The molecule has 0 aromatic carbocycles. The number of nitrogens with zero attached hydrogens (tertiary/aromatic N) is 1. The van der Waals surface area contributed by atoms with Crippen LogP contribution in [0.2, 0.25) is 0 Å². The van der Waals surface area contributed by atoms with Crippen LogP contribution >= 0.6 is 0 Å². The number of sulfone groups is 1. The van der Waals surface area contributed by atoms with Crippen LogP contribution in [0.5, 0.6) is 0 Å². The third-order valence-corrected chi connectivity index (χ3v) is 7.51. The second-order valence-electron chi connectivity index (χ2n) is 6.78. The lowest BCUT2D eigenvalue weighted by atomic mass is 9.87. The predicted molar refractivity (Wildman–Crippen MR) is 83.4 cm³/mol. The van der Waals surface area contributed by atoms with E-state index in [0.29, 0.717) is 39.1 Å². The average Bonchev–Trinajstić information content (AvgIpc) is 2.53. The first-order chi connectivity index (χ1) is 10.5. The molecule has 2 saturated heterocycles. The standard InChI is InChI=1S/C15H26N2O4S/c1-22(19,20)15(6-8-16-9-7-15)14(18)17-10-11-21-13-5-3-2-4-12(13)17/h12-13,16H,2-11H2,1H3. The molecule has 126 valence electrons. The summed E-state index contributed by atoms with van der Waals surface area (Å²) in [5.41, 5.74) is 0. The van der Waals surface area contributed by atoms with Gasteiger partial charge in [0.15, 0.2) is 14.6 Å². The summed E-state index contributed by atoms with van der Waals surface area (Å²) in [5.74, 6) is -0.184. The van der Waals surface area contributed by atoms with Gasteiger partial charge < -0.3 is 15.0 Å². The smallest absolute Gasteiger partial charge is 0.244 e. The molecule has 0 spiro atoms. The van der Waals surface area contributed by atoms with Crippen molar-refractivity contribution >= 4 is 15.7 Å². The number of hydrogen-bond acceptors (Lipinski definition) is 5. The Morgan fingerprint density at radius 2 is 1.91 bits per heavy atom. The summed E-state index contributed by atoms with van der Waals surface area (Å²) < 4.78 is 29.5. The lowest BCUT2D eigenvalue weighted by molar-refractivity contribution is -0.153. The minimum absolute atomic E-state index is 0.0588. The SMILES string of the molecule is CS(=O)(=O)C1(C(=O)N2CCOC3CCCCC32)CCNCC1. The number of morpholine rings is 1. The summed E-state index contributed by atoms with van der Waals surface area (Å²) in [4.78, 5) is 15.1. The molecule has 2 unspecified atom stereocenters. The monoisotopic (exact) mass is 330 g/mol. The van der Waals surface area contributed by atoms with E-state index in [1.54, 1.807) is 0 Å². The summed E-state index contributed by atoms with van der Waals surface area (Å²) in [5, 5.41) is 3.17. The average molecular weight is 330 g/mol. The molecule has 7 heteroatoms. The van der Waals surface area contributed by atoms with Crippen molar-refractivity contribution in [3.8, 4) is 0 Å². The molecule has 1 N–H and O–H groups in total. The first-order valence-electron chi connectivity index (χ1n) is 8.29. The minimum atomic E-state index is -3.45. The van der Waals surface area contributed by atoms with Gasteiger partial charge in [-0.05, 0) is 38.8 Å². The van der Waals surface area contributed by atoms with E-state index in [9.17, 15) is 13.2 Å². The number of fused-ring (bicyclic) bond motifs is 1. The molecular weight excluding hydrogens is 304 g/mol. The van der Waals surface area contributed by atoms with E-state index in [1.807, 2.05) is 4.90 Å². The van der Waals surface area contributed by atoms with Crippen LogP contribution in [0, 0.1) is 0 Å². The van der Waals surface area contributed by atoms with Crippen LogP contribution in [0.4, 0.5) is 0 Å². The van der Waals surface area contributed by atoms with E-state index in [0.717, 1.165) is 25.7 Å². The normalized spacial score (nSPS) is 32.3. The van der Waals surface area contributed by atoms with Gasteiger partial charge in [-0.25, -0.2) is 8.42 Å². The summed E-state index contributed by atoms with van der Waals surface area (Å²) in [6.45, 7) is 2.20. The van der Waals surface area contributed by atoms with Crippen molar-refractivity contribution in [1.29, 1.82) is 0 Å². The predicted octanol–water partition coefficient (Wildman–Crippen LogP) is 0.323. The Balaban J connectivity index is 1.89. The van der Waals surface area contributed by atoms with Crippen LogP contribution in [-0.4, -0.2) is 68.6 Å². The Morgan fingerprint density at radius 3 is 2.59 bits per heavy atom. The van der Waals surface area contributed by atoms with E-state index in [1.165, 1.54) is 6.26 Å². The van der Waals surface area contributed by atoms with Crippen LogP contribution in [0.3, 0.4) is 0 Å². The highest BCUT2D eigenvalue weighted by Crippen LogP contribution is 2.35. The highest BCUT2D eigenvalue weighted by Gasteiger charge is 2.52. The molecule has 6 nitrogen and oxygen atoms in total. The largest absolute Gasteiger partial charge is 0.374 e. The maximum absolute atomic E-state index is 13.2. The fourth-order valence-electron chi connectivity index (χ4n) is 4.18. The topological polar surface area (TPSA) is 75.7 Å². The quantitative estimate of drug-likeness (QED) is 0.789. The van der Waals surface area contributed by atoms with E-state index in [2.05, 4.69) is 5.32 Å². The van der Waals surface area contributed by atoms with Crippen LogP contribution in [0.25, 0.3) is 0 Å². The second-order valence-corrected chi connectivity index (χ2v) is 9.10. The molecule has 1 aliphatic carbocycles. The van der Waals surface area contributed by atoms with Crippen molar-refractivity contribution < 1.29 is 17.9 Å². The minimum Gasteiger partial charge on any atom is -0.374 e. The highest BCUT2D eigenvalue weighted by molar-refractivity contribution is 7.92. The van der Waals surface area contributed by atoms with Crippen molar-refractivity contribution in [3.63, 3.8) is 0 Å². The second kappa shape index (κ2) is 6.09. The highest BCUT2D eigenvalue weighted by atomic mass is 32.2. The molecule has 1 amide bonds. The van der Waals surface area contributed by atoms with Gasteiger partial charge in [0.2, 0.25) is 5.91 Å². The number of carbonyl (C=O) groups excluding carboxylic acids is 1. The first kappa shape index (κ1) is 16.2. The Hall–Kier alpha value is -0.660. The number of piperidine rings is 1. The number of ether oxygens (including phenoxy) is 1. The Labute approximate surface area is 132 Å². The molecule has 0 bridgehead atoms. The van der Waals surface area contributed by atoms with Gasteiger partial charge in [-0.2, -0.15) is 0 Å². The molecule has 3 aliphatic rings. The van der Waals surface area contributed by atoms with Gasteiger partial charge in [0, 0.05) is 12.8 Å². The van der Waals surface area contributed by atoms with Gasteiger partial charge in [-0.1, -0.05) is 12.8 Å². The number of rotatable bonds is 2. The number of hydrogen-bond donors (Lipinski definition) is 1. The summed E-state index contributed by atoms with van der Waals surface area (Å²) in [7, 11) is -3.45. The van der Waals surface area contributed by atoms with E-state index in [4.69, 9.17) is 4.74 Å². The Morgan fingerprint density at radius 1 is 1.23 bits per heavy atom. The molecule has 1 saturated carbocycles. The first-order valence-corrected chi connectivity index (χ1v) is 10.2. The number of carbonyl (C=O) groups is 1. The van der Waals surface area contributed by atoms with Gasteiger partial charge in [-0.3, -0.25) is 4.79 Å². The van der Waals surface area contributed by atoms with Gasteiger partial charge in [0.05, 0.1) is 18.8 Å². The van der Waals surface area contributed by atoms with Crippen LogP contribution in [-0.2, 0) is 19.4 Å². The van der Waals surface area contributed by atoms with Crippen molar-refractivity contribution in [2.45, 2.75) is 55.4 Å². The summed E-state index contributed by atoms with van der Waals surface area (Å²) >= 11 is 0. The zero-order valence-electron chi connectivity index (χ0n) is 13.2. The van der Waals surface area contributed by atoms with Crippen molar-refractivity contribution in [2.24, 2.45) is 0 Å². The van der Waals surface area contributed by atoms with E-state index < -0.39 is 14.6 Å². The fourth-order valence-corrected chi connectivity index (χ4v) is 5.56. The van der Waals surface area contributed by atoms with E-state index in [-0.39, 0.29) is 18.1 Å². The van der Waals surface area contributed by atoms with E-state index >= 15 is 0 Å². The lowest BCUT2D eigenvalue weighted by Gasteiger charge is -2.47. The van der Waals surface area contributed by atoms with Crippen LogP contribution in [0.1, 0.15) is 38.5 Å². The lowest BCUT2D eigenvalue weighted by Crippen LogP contribution is -2.64. The third-order valence-electron chi connectivity index (χ3n) is 5.50. The van der Waals surface area contributed by atoms with Gasteiger partial charge in [0.25, 0.3) is 0 Å². The Bertz CT molecular complexity index is 526. The molecular formula is C15H26N2O4S. The molecule has 0 radical (unpaired) electrons. The fraction of sp³-hybridized carbons (Fsp3) is 0.933. The number of amides is 1. The molecule has 3 rings (SSSR count). The summed E-state index contributed by atoms with van der Waals surface area (Å²) in [6, 6.07) is 0.0588. The summed E-state index contributed by atoms with van der Waals surface area (Å²) in [6.07, 6.45) is 6.17. The van der Waals surface area contributed by atoms with Crippen molar-refractivity contribution in [3.05, 3.63) is 0 Å². The number of nitrogens with one attached hydrogen (secondary N) is 1. The van der Waals surface area contributed by atoms with Gasteiger partial charge >= 0.3 is 0 Å². The molecule has 2 heterocycles. The molecule has 2 atom stereocenters. The zero-order chi connectivity index (χ0) is 15.8. The Kier molecular flexibility index (Phi) is 4.49. The molecule has 0 aromatic heterocycles.